The van der Waals surface area contributed by atoms with Gasteiger partial charge in [0.15, 0.2) is 5.52 Å². The Balaban J connectivity index is 2.02. The van der Waals surface area contributed by atoms with Gasteiger partial charge in [-0.1, -0.05) is 17.7 Å². The van der Waals surface area contributed by atoms with Crippen LogP contribution in [0.3, 0.4) is 0 Å². The first kappa shape index (κ1) is 17.8. The van der Waals surface area contributed by atoms with Crippen LogP contribution >= 0.6 is 0 Å². The Morgan fingerprint density at radius 1 is 1.12 bits per heavy atom. The lowest BCUT2D eigenvalue weighted by molar-refractivity contribution is -0.140. The van der Waals surface area contributed by atoms with Gasteiger partial charge in [-0.05, 0) is 39.3 Å². The van der Waals surface area contributed by atoms with E-state index in [0.717, 1.165) is 28.0 Å². The van der Waals surface area contributed by atoms with E-state index in [2.05, 4.69) is 14.9 Å². The minimum absolute atomic E-state index is 0.246. The van der Waals surface area contributed by atoms with E-state index >= 15 is 0 Å². The van der Waals surface area contributed by atoms with Crippen molar-refractivity contribution in [2.24, 2.45) is 0 Å². The van der Waals surface area contributed by atoms with Gasteiger partial charge in [0.05, 0.1) is 29.6 Å². The lowest BCUT2D eigenvalue weighted by Gasteiger charge is -2.06. The van der Waals surface area contributed by atoms with Gasteiger partial charge in [-0.2, -0.15) is 10.2 Å². The molecule has 2 aromatic heterocycles. The lowest BCUT2D eigenvalue weighted by Crippen LogP contribution is -2.24. The van der Waals surface area contributed by atoms with Gasteiger partial charge >= 0.3 is 5.97 Å². The van der Waals surface area contributed by atoms with Crippen LogP contribution in [0.1, 0.15) is 29.8 Å². The average Bonchev–Trinajstić information content (AvgIpc) is 2.98. The minimum atomic E-state index is -0.296. The number of benzene rings is 1. The van der Waals surface area contributed by atoms with Crippen molar-refractivity contribution in [1.82, 2.24) is 19.6 Å². The minimum Gasteiger partial charge on any atom is -0.469 e. The number of esters is 1. The van der Waals surface area contributed by atoms with Gasteiger partial charge in [-0.25, -0.2) is 9.36 Å². The van der Waals surface area contributed by atoms with E-state index < -0.39 is 0 Å². The van der Waals surface area contributed by atoms with Crippen LogP contribution in [-0.2, 0) is 16.1 Å². The van der Waals surface area contributed by atoms with E-state index in [1.165, 1.54) is 11.8 Å². The molecule has 3 rings (SSSR count). The van der Waals surface area contributed by atoms with Crippen molar-refractivity contribution in [2.75, 3.05) is 7.11 Å². The Morgan fingerprint density at radius 2 is 1.81 bits per heavy atom. The van der Waals surface area contributed by atoms with Crippen LogP contribution in [0.5, 0.6) is 0 Å². The smallest absolute Gasteiger partial charge is 0.305 e. The van der Waals surface area contributed by atoms with E-state index in [9.17, 15) is 9.59 Å². The first-order valence-corrected chi connectivity index (χ1v) is 8.53. The summed E-state index contributed by atoms with van der Waals surface area (Å²) in [5, 5.41) is 9.73. The number of hydrogen-bond donors (Lipinski definition) is 0. The number of carbonyl (C=O) groups is 1. The molecule has 0 aliphatic heterocycles. The average molecular weight is 354 g/mol. The van der Waals surface area contributed by atoms with Crippen molar-refractivity contribution >= 4 is 16.9 Å². The molecule has 7 heteroatoms. The lowest BCUT2D eigenvalue weighted by atomic mass is 10.2. The van der Waals surface area contributed by atoms with Crippen molar-refractivity contribution in [2.45, 2.75) is 40.2 Å². The Bertz CT molecular complexity index is 1020. The number of nitrogens with zero attached hydrogens (tertiary/aromatic N) is 4. The fraction of sp³-hybridized carbons (Fsp3) is 0.368. The SMILES string of the molecule is COC(=O)CCCn1nc(C)c2c(C)n(-c3ccc(C)cc3)nc2c1=O. The summed E-state index contributed by atoms with van der Waals surface area (Å²) in [6.45, 7) is 6.18. The molecule has 0 radical (unpaired) electrons. The zero-order valence-corrected chi connectivity index (χ0v) is 15.4. The first-order chi connectivity index (χ1) is 12.4. The van der Waals surface area contributed by atoms with Crippen LogP contribution in [-0.4, -0.2) is 32.6 Å². The first-order valence-electron chi connectivity index (χ1n) is 8.53. The van der Waals surface area contributed by atoms with Gasteiger partial charge in [-0.15, -0.1) is 0 Å². The highest BCUT2D eigenvalue weighted by molar-refractivity contribution is 5.83. The van der Waals surface area contributed by atoms with Crippen LogP contribution in [0.4, 0.5) is 0 Å². The van der Waals surface area contributed by atoms with Crippen molar-refractivity contribution in [1.29, 1.82) is 0 Å². The van der Waals surface area contributed by atoms with Crippen LogP contribution < -0.4 is 5.56 Å². The highest BCUT2D eigenvalue weighted by Gasteiger charge is 2.17. The van der Waals surface area contributed by atoms with Gasteiger partial charge < -0.3 is 4.74 Å². The zero-order chi connectivity index (χ0) is 18.8. The second kappa shape index (κ2) is 7.11. The normalized spacial score (nSPS) is 11.1. The Labute approximate surface area is 151 Å². The highest BCUT2D eigenvalue weighted by atomic mass is 16.5. The molecule has 3 aromatic rings. The fourth-order valence-electron chi connectivity index (χ4n) is 3.05. The van der Waals surface area contributed by atoms with Gasteiger partial charge in [0.1, 0.15) is 0 Å². The Kier molecular flexibility index (Phi) is 4.88. The molecule has 0 saturated heterocycles. The topological polar surface area (TPSA) is 79.0 Å². The molecule has 0 fully saturated rings. The number of aryl methyl sites for hydroxylation is 4. The summed E-state index contributed by atoms with van der Waals surface area (Å²) in [6.07, 6.45) is 0.737. The van der Waals surface area contributed by atoms with Crippen LogP contribution in [0, 0.1) is 20.8 Å². The third-order valence-corrected chi connectivity index (χ3v) is 4.44. The van der Waals surface area contributed by atoms with E-state index in [4.69, 9.17) is 0 Å². The van der Waals surface area contributed by atoms with E-state index in [1.807, 2.05) is 45.0 Å². The molecule has 7 nitrogen and oxygen atoms in total. The second-order valence-corrected chi connectivity index (χ2v) is 6.35. The van der Waals surface area contributed by atoms with E-state index in [0.29, 0.717) is 18.5 Å². The quantitative estimate of drug-likeness (QED) is 0.658. The summed E-state index contributed by atoms with van der Waals surface area (Å²) in [5.74, 6) is -0.296. The molecule has 0 aliphatic carbocycles. The standard InChI is InChI=1S/C19H22N4O3/c1-12-7-9-15(10-8-12)23-14(3)17-13(2)20-22(19(25)18(17)21-23)11-5-6-16(24)26-4/h7-10H,5-6,11H2,1-4H3. The molecule has 0 saturated carbocycles. The molecular weight excluding hydrogens is 332 g/mol. The van der Waals surface area contributed by atoms with Crippen LogP contribution in [0.25, 0.3) is 16.6 Å². The number of ether oxygens (including phenoxy) is 1. The molecule has 0 bridgehead atoms. The number of hydrogen-bond acceptors (Lipinski definition) is 5. The predicted molar refractivity (Wildman–Crippen MR) is 98.6 cm³/mol. The van der Waals surface area contributed by atoms with Crippen molar-refractivity contribution in [3.63, 3.8) is 0 Å². The number of rotatable bonds is 5. The summed E-state index contributed by atoms with van der Waals surface area (Å²) in [7, 11) is 1.35. The largest absolute Gasteiger partial charge is 0.469 e. The molecule has 2 heterocycles. The molecule has 26 heavy (non-hydrogen) atoms. The van der Waals surface area contributed by atoms with E-state index in [1.54, 1.807) is 4.68 Å². The number of fused-ring (bicyclic) bond motifs is 1. The highest BCUT2D eigenvalue weighted by Crippen LogP contribution is 2.21. The molecular formula is C19H22N4O3. The van der Waals surface area contributed by atoms with Crippen LogP contribution in [0.2, 0.25) is 0 Å². The summed E-state index contributed by atoms with van der Waals surface area (Å²) in [4.78, 5) is 24.0. The number of aromatic nitrogens is 4. The van der Waals surface area contributed by atoms with Crippen molar-refractivity contribution < 1.29 is 9.53 Å². The zero-order valence-electron chi connectivity index (χ0n) is 15.4. The molecule has 0 aliphatic rings. The summed E-state index contributed by atoms with van der Waals surface area (Å²) in [5.41, 5.74) is 3.84. The van der Waals surface area contributed by atoms with Gasteiger partial charge in [-0.3, -0.25) is 9.59 Å². The molecule has 0 atom stereocenters. The van der Waals surface area contributed by atoms with E-state index in [-0.39, 0.29) is 17.9 Å². The molecule has 0 amide bonds. The maximum Gasteiger partial charge on any atom is 0.305 e. The maximum atomic E-state index is 12.8. The van der Waals surface area contributed by atoms with Gasteiger partial charge in [0.2, 0.25) is 0 Å². The summed E-state index contributed by atoms with van der Waals surface area (Å²) < 4.78 is 7.78. The Hall–Kier alpha value is -2.96. The number of methoxy groups -OCH3 is 1. The molecule has 0 spiro atoms. The van der Waals surface area contributed by atoms with Gasteiger partial charge in [0, 0.05) is 13.0 Å². The molecule has 1 aromatic carbocycles. The molecule has 0 N–H and O–H groups in total. The molecule has 0 unspecified atom stereocenters. The second-order valence-electron chi connectivity index (χ2n) is 6.35. The Morgan fingerprint density at radius 3 is 2.46 bits per heavy atom. The third kappa shape index (κ3) is 3.24. The van der Waals surface area contributed by atoms with Gasteiger partial charge in [0.25, 0.3) is 5.56 Å². The summed E-state index contributed by atoms with van der Waals surface area (Å²) in [6, 6.07) is 7.98. The fourth-order valence-corrected chi connectivity index (χ4v) is 3.05. The van der Waals surface area contributed by atoms with Crippen molar-refractivity contribution in [3.05, 3.63) is 51.6 Å². The monoisotopic (exact) mass is 354 g/mol. The summed E-state index contributed by atoms with van der Waals surface area (Å²) >= 11 is 0. The predicted octanol–water partition coefficient (Wildman–Crippen LogP) is 2.46. The molecule has 136 valence electrons. The maximum absolute atomic E-state index is 12.8. The van der Waals surface area contributed by atoms with Crippen molar-refractivity contribution in [3.8, 4) is 5.69 Å². The number of carbonyl (C=O) groups excluding carboxylic acids is 1. The third-order valence-electron chi connectivity index (χ3n) is 4.44. The van der Waals surface area contributed by atoms with Crippen LogP contribution in [0.15, 0.2) is 29.1 Å².